The smallest absolute Gasteiger partial charge is 0.0601 e. The number of rotatable bonds is 2. The van der Waals surface area contributed by atoms with Gasteiger partial charge in [0, 0.05) is 12.6 Å². The van der Waals surface area contributed by atoms with Crippen molar-refractivity contribution in [3.63, 3.8) is 0 Å². The van der Waals surface area contributed by atoms with Crippen molar-refractivity contribution >= 4 is 0 Å². The molecule has 1 saturated heterocycles. The third kappa shape index (κ3) is 2.46. The molecule has 1 heterocycles. The zero-order valence-electron chi connectivity index (χ0n) is 8.42. The molecule has 0 aromatic heterocycles. The Morgan fingerprint density at radius 1 is 1.33 bits per heavy atom. The summed E-state index contributed by atoms with van der Waals surface area (Å²) in [5.41, 5.74) is 5.87. The molecule has 12 heavy (non-hydrogen) atoms. The topological polar surface area (TPSA) is 35.2 Å². The minimum Gasteiger partial charge on any atom is -0.378 e. The van der Waals surface area contributed by atoms with Gasteiger partial charge in [0.15, 0.2) is 0 Å². The van der Waals surface area contributed by atoms with E-state index < -0.39 is 0 Å². The zero-order valence-corrected chi connectivity index (χ0v) is 8.42. The number of ether oxygens (including phenoxy) is 1. The van der Waals surface area contributed by atoms with E-state index >= 15 is 0 Å². The number of hydrogen-bond acceptors (Lipinski definition) is 2. The Kier molecular flexibility index (Phi) is 3.53. The molecule has 0 bridgehead atoms. The molecule has 1 fully saturated rings. The van der Waals surface area contributed by atoms with Crippen molar-refractivity contribution in [3.8, 4) is 0 Å². The Morgan fingerprint density at radius 2 is 2.00 bits per heavy atom. The fourth-order valence-corrected chi connectivity index (χ4v) is 1.80. The Labute approximate surface area is 75.5 Å². The van der Waals surface area contributed by atoms with E-state index in [-0.39, 0.29) is 0 Å². The number of nitrogens with two attached hydrogens (primary N) is 1. The molecule has 0 aliphatic carbocycles. The average Bonchev–Trinajstić information content (AvgIpc) is 2.04. The maximum Gasteiger partial charge on any atom is 0.0601 e. The molecule has 3 atom stereocenters. The summed E-state index contributed by atoms with van der Waals surface area (Å²) in [7, 11) is 0. The molecular formula is C10H21NO. The Balaban J connectivity index is 2.40. The van der Waals surface area contributed by atoms with Crippen LogP contribution in [0.2, 0.25) is 0 Å². The molecule has 1 aliphatic rings. The third-order valence-electron chi connectivity index (χ3n) is 2.84. The van der Waals surface area contributed by atoms with Gasteiger partial charge in [-0.25, -0.2) is 0 Å². The van der Waals surface area contributed by atoms with Crippen molar-refractivity contribution in [2.45, 2.75) is 45.8 Å². The summed E-state index contributed by atoms with van der Waals surface area (Å²) in [6, 6.07) is 0.329. The van der Waals surface area contributed by atoms with E-state index in [1.807, 2.05) is 0 Å². The predicted octanol–water partition coefficient (Wildman–Crippen LogP) is 1.78. The number of hydrogen-bond donors (Lipinski definition) is 1. The molecule has 2 nitrogen and oxygen atoms in total. The van der Waals surface area contributed by atoms with E-state index in [1.165, 1.54) is 0 Å². The van der Waals surface area contributed by atoms with Crippen molar-refractivity contribution in [3.05, 3.63) is 0 Å². The molecule has 2 heteroatoms. The van der Waals surface area contributed by atoms with Gasteiger partial charge >= 0.3 is 0 Å². The van der Waals surface area contributed by atoms with Crippen LogP contribution in [-0.4, -0.2) is 18.8 Å². The second kappa shape index (κ2) is 4.24. The first kappa shape index (κ1) is 10.0. The van der Waals surface area contributed by atoms with Crippen LogP contribution in [-0.2, 0) is 4.74 Å². The Bertz CT molecular complexity index is 120. The summed E-state index contributed by atoms with van der Waals surface area (Å²) in [5.74, 6) is 1.30. The van der Waals surface area contributed by atoms with Gasteiger partial charge in [0.25, 0.3) is 0 Å². The normalized spacial score (nSPS) is 33.8. The van der Waals surface area contributed by atoms with Crippen LogP contribution in [0.1, 0.15) is 33.6 Å². The van der Waals surface area contributed by atoms with Gasteiger partial charge in [-0.1, -0.05) is 13.8 Å². The van der Waals surface area contributed by atoms with Crippen molar-refractivity contribution < 1.29 is 4.74 Å². The van der Waals surface area contributed by atoms with Gasteiger partial charge in [0.2, 0.25) is 0 Å². The lowest BCUT2D eigenvalue weighted by Gasteiger charge is -2.33. The quantitative estimate of drug-likeness (QED) is 0.687. The first-order valence-corrected chi connectivity index (χ1v) is 4.98. The average molecular weight is 171 g/mol. The molecule has 1 rings (SSSR count). The van der Waals surface area contributed by atoms with Gasteiger partial charge in [-0.05, 0) is 31.6 Å². The second-order valence-corrected chi connectivity index (χ2v) is 4.30. The van der Waals surface area contributed by atoms with E-state index in [4.69, 9.17) is 10.5 Å². The summed E-state index contributed by atoms with van der Waals surface area (Å²) in [5, 5.41) is 0. The van der Waals surface area contributed by atoms with Crippen LogP contribution in [0.25, 0.3) is 0 Å². The highest BCUT2D eigenvalue weighted by atomic mass is 16.5. The molecule has 1 aliphatic heterocycles. The van der Waals surface area contributed by atoms with Crippen molar-refractivity contribution in [2.24, 2.45) is 17.6 Å². The first-order valence-electron chi connectivity index (χ1n) is 4.98. The van der Waals surface area contributed by atoms with Crippen LogP contribution in [0.4, 0.5) is 0 Å². The van der Waals surface area contributed by atoms with Gasteiger partial charge < -0.3 is 10.5 Å². The molecule has 0 saturated carbocycles. The van der Waals surface area contributed by atoms with Crippen LogP contribution in [0.15, 0.2) is 0 Å². The van der Waals surface area contributed by atoms with Crippen LogP contribution >= 0.6 is 0 Å². The van der Waals surface area contributed by atoms with Crippen LogP contribution in [0, 0.1) is 11.8 Å². The molecular weight excluding hydrogens is 150 g/mol. The second-order valence-electron chi connectivity index (χ2n) is 4.30. The largest absolute Gasteiger partial charge is 0.378 e. The maximum absolute atomic E-state index is 5.87. The highest BCUT2D eigenvalue weighted by molar-refractivity contribution is 4.78. The fourth-order valence-electron chi connectivity index (χ4n) is 1.80. The molecule has 72 valence electrons. The van der Waals surface area contributed by atoms with E-state index in [2.05, 4.69) is 20.8 Å². The van der Waals surface area contributed by atoms with Crippen molar-refractivity contribution in [1.82, 2.24) is 0 Å². The van der Waals surface area contributed by atoms with Crippen LogP contribution in [0.5, 0.6) is 0 Å². The molecule has 0 spiro atoms. The summed E-state index contributed by atoms with van der Waals surface area (Å²) in [4.78, 5) is 0. The molecule has 3 unspecified atom stereocenters. The van der Waals surface area contributed by atoms with E-state index in [1.54, 1.807) is 0 Å². The highest BCUT2D eigenvalue weighted by Crippen LogP contribution is 2.26. The molecule has 0 radical (unpaired) electrons. The highest BCUT2D eigenvalue weighted by Gasteiger charge is 2.26. The fraction of sp³-hybridized carbons (Fsp3) is 1.00. The summed E-state index contributed by atoms with van der Waals surface area (Å²) < 4.78 is 5.66. The molecule has 2 N–H and O–H groups in total. The SMILES string of the molecule is CC(C)C1CC(C(C)N)CCO1. The minimum atomic E-state index is 0.329. The standard InChI is InChI=1S/C10H21NO/c1-7(2)10-6-9(8(3)11)4-5-12-10/h7-10H,4-6,11H2,1-3H3. The Hall–Kier alpha value is -0.0800. The van der Waals surface area contributed by atoms with Gasteiger partial charge in [0.05, 0.1) is 6.10 Å². The molecule has 0 amide bonds. The monoisotopic (exact) mass is 171 g/mol. The predicted molar refractivity (Wildman–Crippen MR) is 51.0 cm³/mol. The maximum atomic E-state index is 5.87. The summed E-state index contributed by atoms with van der Waals surface area (Å²) >= 11 is 0. The van der Waals surface area contributed by atoms with Gasteiger partial charge in [-0.2, -0.15) is 0 Å². The third-order valence-corrected chi connectivity index (χ3v) is 2.84. The van der Waals surface area contributed by atoms with Gasteiger partial charge in [0.1, 0.15) is 0 Å². The minimum absolute atomic E-state index is 0.329. The first-order chi connectivity index (χ1) is 5.61. The van der Waals surface area contributed by atoms with Crippen LogP contribution in [0.3, 0.4) is 0 Å². The summed E-state index contributed by atoms with van der Waals surface area (Å²) in [6.07, 6.45) is 2.73. The van der Waals surface area contributed by atoms with E-state index in [9.17, 15) is 0 Å². The van der Waals surface area contributed by atoms with E-state index in [0.717, 1.165) is 19.4 Å². The lowest BCUT2D eigenvalue weighted by molar-refractivity contribution is -0.0375. The lowest BCUT2D eigenvalue weighted by Crippen LogP contribution is -2.37. The van der Waals surface area contributed by atoms with Gasteiger partial charge in [-0.15, -0.1) is 0 Å². The van der Waals surface area contributed by atoms with E-state index in [0.29, 0.717) is 24.0 Å². The van der Waals surface area contributed by atoms with Crippen molar-refractivity contribution in [2.75, 3.05) is 6.61 Å². The zero-order chi connectivity index (χ0) is 9.14. The van der Waals surface area contributed by atoms with Crippen molar-refractivity contribution in [1.29, 1.82) is 0 Å². The van der Waals surface area contributed by atoms with Crippen LogP contribution < -0.4 is 5.73 Å². The summed E-state index contributed by atoms with van der Waals surface area (Å²) in [6.45, 7) is 7.44. The lowest BCUT2D eigenvalue weighted by atomic mass is 9.86. The molecule has 0 aromatic carbocycles. The molecule has 0 aromatic rings. The van der Waals surface area contributed by atoms with Gasteiger partial charge in [-0.3, -0.25) is 0 Å². The Morgan fingerprint density at radius 3 is 2.50 bits per heavy atom.